The number of thiazole rings is 1. The predicted molar refractivity (Wildman–Crippen MR) is 91.8 cm³/mol. The van der Waals surface area contributed by atoms with Crippen molar-refractivity contribution in [2.24, 2.45) is 0 Å². The zero-order valence-corrected chi connectivity index (χ0v) is 14.5. The van der Waals surface area contributed by atoms with Crippen LogP contribution in [0.1, 0.15) is 26.4 Å². The van der Waals surface area contributed by atoms with Crippen molar-refractivity contribution in [1.82, 2.24) is 4.98 Å². The molecule has 0 saturated heterocycles. The van der Waals surface area contributed by atoms with E-state index < -0.39 is 29.3 Å². The van der Waals surface area contributed by atoms with Gasteiger partial charge in [0.25, 0.3) is 0 Å². The third-order valence-electron chi connectivity index (χ3n) is 3.79. The van der Waals surface area contributed by atoms with Crippen molar-refractivity contribution >= 4 is 22.3 Å². The molecule has 0 radical (unpaired) electrons. The lowest BCUT2D eigenvalue weighted by atomic mass is 10.0. The Morgan fingerprint density at radius 1 is 0.893 bits per heavy atom. The fourth-order valence-corrected chi connectivity index (χ4v) is 3.29. The molecule has 3 aromatic rings. The topological polar surface area (TPSA) is 56.0 Å². The number of anilines is 1. The van der Waals surface area contributed by atoms with E-state index >= 15 is 0 Å². The van der Waals surface area contributed by atoms with Gasteiger partial charge in [0.1, 0.15) is 4.88 Å². The third-order valence-corrected chi connectivity index (χ3v) is 4.67. The highest BCUT2D eigenvalue weighted by Crippen LogP contribution is 2.36. The van der Waals surface area contributed by atoms with Gasteiger partial charge in [-0.05, 0) is 24.3 Å². The molecule has 0 amide bonds. The Kier molecular flexibility index (Phi) is 4.92. The number of aromatic nitrogens is 1. The molecule has 28 heavy (non-hydrogen) atoms. The van der Waals surface area contributed by atoms with Gasteiger partial charge in [-0.25, -0.2) is 4.98 Å². The van der Waals surface area contributed by atoms with Crippen LogP contribution >= 0.6 is 11.3 Å². The molecular formula is C18H10F6N2OS. The quantitative estimate of drug-likeness (QED) is 0.443. The van der Waals surface area contributed by atoms with Gasteiger partial charge in [-0.3, -0.25) is 4.79 Å². The zero-order valence-electron chi connectivity index (χ0n) is 13.7. The number of ketones is 1. The molecule has 0 aliphatic heterocycles. The number of halogens is 6. The molecule has 3 rings (SSSR count). The molecule has 0 spiro atoms. The Bertz CT molecular complexity index is 1020. The predicted octanol–water partition coefficient (Wildman–Crippen LogP) is 5.66. The molecular weight excluding hydrogens is 406 g/mol. The van der Waals surface area contributed by atoms with Gasteiger partial charge >= 0.3 is 12.4 Å². The third kappa shape index (κ3) is 4.01. The highest BCUT2D eigenvalue weighted by molar-refractivity contribution is 7.18. The Hall–Kier alpha value is -2.88. The van der Waals surface area contributed by atoms with Gasteiger partial charge < -0.3 is 5.73 Å². The highest BCUT2D eigenvalue weighted by Gasteiger charge is 2.32. The Labute approximate surface area is 158 Å². The molecule has 0 fully saturated rings. The van der Waals surface area contributed by atoms with Gasteiger partial charge in [0.15, 0.2) is 5.13 Å². The van der Waals surface area contributed by atoms with Crippen LogP contribution in [0.15, 0.2) is 48.5 Å². The van der Waals surface area contributed by atoms with Crippen LogP contribution in [0.2, 0.25) is 0 Å². The second-order valence-corrected chi connectivity index (χ2v) is 6.74. The number of nitrogen functional groups attached to an aromatic ring is 1. The first kappa shape index (κ1) is 19.9. The minimum Gasteiger partial charge on any atom is -0.375 e. The summed E-state index contributed by atoms with van der Waals surface area (Å²) in [5.41, 5.74) is 3.67. The van der Waals surface area contributed by atoms with Gasteiger partial charge in [0, 0.05) is 11.1 Å². The van der Waals surface area contributed by atoms with E-state index in [0.717, 1.165) is 47.7 Å². The fraction of sp³-hybridized carbons (Fsp3) is 0.111. The average Bonchev–Trinajstić information content (AvgIpc) is 3.02. The summed E-state index contributed by atoms with van der Waals surface area (Å²) in [5.74, 6) is -0.685. The minimum atomic E-state index is -4.59. The number of benzene rings is 2. The molecule has 0 atom stereocenters. The Balaban J connectivity index is 2.02. The maximum Gasteiger partial charge on any atom is 0.416 e. The molecule has 1 aromatic heterocycles. The lowest BCUT2D eigenvalue weighted by Gasteiger charge is -2.09. The number of carbonyl (C=O) groups excluding carboxylic acids is 1. The van der Waals surface area contributed by atoms with Crippen LogP contribution in [-0.2, 0) is 12.4 Å². The Morgan fingerprint density at radius 2 is 1.50 bits per heavy atom. The first-order chi connectivity index (χ1) is 13.0. The van der Waals surface area contributed by atoms with Crippen molar-refractivity contribution in [1.29, 1.82) is 0 Å². The number of rotatable bonds is 3. The molecule has 2 N–H and O–H groups in total. The van der Waals surface area contributed by atoms with Crippen LogP contribution in [0.5, 0.6) is 0 Å². The average molecular weight is 416 g/mol. The van der Waals surface area contributed by atoms with Crippen LogP contribution in [0.3, 0.4) is 0 Å². The molecule has 1 heterocycles. The van der Waals surface area contributed by atoms with Crippen LogP contribution < -0.4 is 5.73 Å². The summed E-state index contributed by atoms with van der Waals surface area (Å²) in [6, 6.07) is 7.71. The normalized spacial score (nSPS) is 12.2. The van der Waals surface area contributed by atoms with Gasteiger partial charge in [-0.2, -0.15) is 26.3 Å². The van der Waals surface area contributed by atoms with Gasteiger partial charge in [0.2, 0.25) is 5.78 Å². The van der Waals surface area contributed by atoms with E-state index in [9.17, 15) is 31.1 Å². The van der Waals surface area contributed by atoms with Crippen molar-refractivity contribution in [3.8, 4) is 11.3 Å². The number of alkyl halides is 6. The summed E-state index contributed by atoms with van der Waals surface area (Å²) >= 11 is 0.749. The summed E-state index contributed by atoms with van der Waals surface area (Å²) in [6.45, 7) is 0. The van der Waals surface area contributed by atoms with E-state index in [1.165, 1.54) is 12.1 Å². The Morgan fingerprint density at radius 3 is 2.07 bits per heavy atom. The fourth-order valence-electron chi connectivity index (χ4n) is 2.47. The summed E-state index contributed by atoms with van der Waals surface area (Å²) in [5, 5.41) is -0.0531. The summed E-state index contributed by atoms with van der Waals surface area (Å²) in [7, 11) is 0. The van der Waals surface area contributed by atoms with Crippen molar-refractivity contribution in [2.75, 3.05) is 5.73 Å². The standard InChI is InChI=1S/C18H10F6N2OS/c19-17(20,21)11-6-4-9(5-7-11)14(27)15-13(26-16(25)28-15)10-2-1-3-12(8-10)18(22,23)24/h1-8H,(H2,25,26). The minimum absolute atomic E-state index is 0.0260. The lowest BCUT2D eigenvalue weighted by molar-refractivity contribution is -0.138. The molecule has 146 valence electrons. The number of hydrogen-bond donors (Lipinski definition) is 1. The second-order valence-electron chi connectivity index (χ2n) is 5.71. The summed E-state index contributed by atoms with van der Waals surface area (Å²) in [4.78, 5) is 16.6. The maximum absolute atomic E-state index is 12.9. The van der Waals surface area contributed by atoms with Gasteiger partial charge in [0.05, 0.1) is 16.8 Å². The molecule has 3 nitrogen and oxygen atoms in total. The number of hydrogen-bond acceptors (Lipinski definition) is 4. The molecule has 0 bridgehead atoms. The van der Waals surface area contributed by atoms with Crippen LogP contribution in [0.25, 0.3) is 11.3 Å². The summed E-state index contributed by atoms with van der Waals surface area (Å²) in [6.07, 6.45) is -9.14. The van der Waals surface area contributed by atoms with E-state index in [4.69, 9.17) is 5.73 Å². The molecule has 2 aromatic carbocycles. The van der Waals surface area contributed by atoms with E-state index in [2.05, 4.69) is 4.98 Å². The van der Waals surface area contributed by atoms with E-state index in [0.29, 0.717) is 0 Å². The van der Waals surface area contributed by atoms with Crippen LogP contribution in [-0.4, -0.2) is 10.8 Å². The molecule has 0 saturated carbocycles. The first-order valence-electron chi connectivity index (χ1n) is 7.62. The smallest absolute Gasteiger partial charge is 0.375 e. The van der Waals surface area contributed by atoms with Gasteiger partial charge in [-0.1, -0.05) is 35.6 Å². The zero-order chi connectivity index (χ0) is 20.7. The SMILES string of the molecule is Nc1nc(-c2cccc(C(F)(F)F)c2)c(C(=O)c2ccc(C(F)(F)F)cc2)s1. The highest BCUT2D eigenvalue weighted by atomic mass is 32.1. The molecule has 0 aliphatic carbocycles. The molecule has 0 aliphatic rings. The lowest BCUT2D eigenvalue weighted by Crippen LogP contribution is -2.07. The van der Waals surface area contributed by atoms with Crippen LogP contribution in [0.4, 0.5) is 31.5 Å². The molecule has 0 unspecified atom stereocenters. The van der Waals surface area contributed by atoms with Gasteiger partial charge in [-0.15, -0.1) is 0 Å². The van der Waals surface area contributed by atoms with Crippen molar-refractivity contribution in [2.45, 2.75) is 12.4 Å². The largest absolute Gasteiger partial charge is 0.416 e. The summed E-state index contributed by atoms with van der Waals surface area (Å²) < 4.78 is 76.8. The van der Waals surface area contributed by atoms with E-state index in [1.54, 1.807) is 0 Å². The van der Waals surface area contributed by atoms with Crippen LogP contribution in [0, 0.1) is 0 Å². The number of nitrogens with zero attached hydrogens (tertiary/aromatic N) is 1. The van der Waals surface area contributed by atoms with Crippen molar-refractivity contribution in [3.63, 3.8) is 0 Å². The van der Waals surface area contributed by atoms with Crippen molar-refractivity contribution < 1.29 is 31.1 Å². The monoisotopic (exact) mass is 416 g/mol. The maximum atomic E-state index is 12.9. The molecule has 10 heteroatoms. The first-order valence-corrected chi connectivity index (χ1v) is 8.44. The van der Waals surface area contributed by atoms with E-state index in [-0.39, 0.29) is 26.8 Å². The van der Waals surface area contributed by atoms with Crippen molar-refractivity contribution in [3.05, 3.63) is 70.1 Å². The van der Waals surface area contributed by atoms with E-state index in [1.807, 2.05) is 0 Å². The number of nitrogens with two attached hydrogens (primary N) is 1. The number of carbonyl (C=O) groups is 1. The second kappa shape index (κ2) is 6.93.